The second-order valence-electron chi connectivity index (χ2n) is 4.95. The normalized spacial score (nSPS) is 10.4. The first-order chi connectivity index (χ1) is 11.7. The van der Waals surface area contributed by atoms with E-state index in [1.807, 2.05) is 12.1 Å². The summed E-state index contributed by atoms with van der Waals surface area (Å²) in [7, 11) is 1.58. The monoisotopic (exact) mass is 327 g/mol. The van der Waals surface area contributed by atoms with Crippen molar-refractivity contribution < 1.29 is 13.9 Å². The number of halogens is 1. The third kappa shape index (κ3) is 3.37. The minimum Gasteiger partial charge on any atom is -0.497 e. The van der Waals surface area contributed by atoms with Crippen molar-refractivity contribution in [1.29, 1.82) is 0 Å². The Morgan fingerprint density at radius 1 is 1.25 bits per heavy atom. The van der Waals surface area contributed by atoms with E-state index in [-0.39, 0.29) is 5.56 Å². The summed E-state index contributed by atoms with van der Waals surface area (Å²) in [6.45, 7) is 0.300. The number of ether oxygens (including phenoxy) is 1. The Morgan fingerprint density at radius 2 is 2.04 bits per heavy atom. The van der Waals surface area contributed by atoms with Crippen LogP contribution in [-0.2, 0) is 6.54 Å². The van der Waals surface area contributed by atoms with E-state index in [1.165, 1.54) is 23.1 Å². The van der Waals surface area contributed by atoms with Crippen molar-refractivity contribution in [3.05, 3.63) is 65.7 Å². The molecule has 0 radical (unpaired) electrons. The average molecular weight is 327 g/mol. The van der Waals surface area contributed by atoms with Crippen LogP contribution in [0.2, 0.25) is 0 Å². The Morgan fingerprint density at radius 3 is 2.71 bits per heavy atom. The topological polar surface area (TPSA) is 81.9 Å². The number of hydrogen-bond donors (Lipinski definition) is 1. The molecule has 0 saturated heterocycles. The lowest BCUT2D eigenvalue weighted by Crippen LogP contribution is -2.24. The summed E-state index contributed by atoms with van der Waals surface area (Å²) in [4.78, 5) is 12.4. The van der Waals surface area contributed by atoms with E-state index in [1.54, 1.807) is 19.2 Å². The predicted molar refractivity (Wildman–Crippen MR) is 83.3 cm³/mol. The largest absolute Gasteiger partial charge is 0.497 e. The van der Waals surface area contributed by atoms with Crippen LogP contribution in [0.25, 0.3) is 5.69 Å². The summed E-state index contributed by atoms with van der Waals surface area (Å²) in [6.07, 6.45) is 1.34. The lowest BCUT2D eigenvalue weighted by Gasteiger charge is -2.10. The molecule has 1 heterocycles. The van der Waals surface area contributed by atoms with Crippen molar-refractivity contribution in [2.24, 2.45) is 0 Å². The van der Waals surface area contributed by atoms with E-state index >= 15 is 0 Å². The second-order valence-corrected chi connectivity index (χ2v) is 4.95. The van der Waals surface area contributed by atoms with Gasteiger partial charge in [0.1, 0.15) is 17.9 Å². The van der Waals surface area contributed by atoms with Crippen molar-refractivity contribution in [2.75, 3.05) is 7.11 Å². The van der Waals surface area contributed by atoms with Gasteiger partial charge in [-0.15, -0.1) is 5.10 Å². The van der Waals surface area contributed by atoms with E-state index in [4.69, 9.17) is 4.74 Å². The summed E-state index contributed by atoms with van der Waals surface area (Å²) in [6, 6.07) is 11.1. The van der Waals surface area contributed by atoms with E-state index in [2.05, 4.69) is 20.8 Å². The fraction of sp³-hybridized carbons (Fsp3) is 0.125. The Balaban J connectivity index is 1.78. The Bertz CT molecular complexity index is 834. The number of amides is 1. The van der Waals surface area contributed by atoms with Gasteiger partial charge in [-0.25, -0.2) is 4.39 Å². The first-order valence-electron chi connectivity index (χ1n) is 7.11. The van der Waals surface area contributed by atoms with Crippen molar-refractivity contribution in [3.63, 3.8) is 0 Å². The Labute approximate surface area is 137 Å². The molecule has 3 rings (SSSR count). The van der Waals surface area contributed by atoms with Crippen LogP contribution in [0.3, 0.4) is 0 Å². The average Bonchev–Trinajstić information content (AvgIpc) is 3.14. The third-order valence-corrected chi connectivity index (χ3v) is 3.41. The van der Waals surface area contributed by atoms with Gasteiger partial charge in [-0.05, 0) is 46.3 Å². The van der Waals surface area contributed by atoms with Gasteiger partial charge in [0.15, 0.2) is 0 Å². The van der Waals surface area contributed by atoms with E-state index in [0.717, 1.165) is 17.4 Å². The predicted octanol–water partition coefficient (Wildman–Crippen LogP) is 1.74. The second kappa shape index (κ2) is 6.86. The molecule has 3 aromatic rings. The molecule has 0 unspecified atom stereocenters. The van der Waals surface area contributed by atoms with Gasteiger partial charge in [-0.2, -0.15) is 4.68 Å². The SMILES string of the molecule is COc1ccc(CNC(=O)c2cc(F)ccc2-n2cnnn2)cc1. The standard InChI is InChI=1S/C16H14FN5O2/c1-24-13-5-2-11(3-6-13)9-18-16(23)14-8-12(17)4-7-15(14)22-10-19-20-21-22/h2-8,10H,9H2,1H3,(H,18,23). The van der Waals surface area contributed by atoms with Crippen LogP contribution in [-0.4, -0.2) is 33.2 Å². The highest BCUT2D eigenvalue weighted by Crippen LogP contribution is 2.16. The summed E-state index contributed by atoms with van der Waals surface area (Å²) in [5.41, 5.74) is 1.44. The van der Waals surface area contributed by atoms with Crippen molar-refractivity contribution in [3.8, 4) is 11.4 Å². The lowest BCUT2D eigenvalue weighted by molar-refractivity contribution is 0.0950. The maximum absolute atomic E-state index is 13.5. The number of methoxy groups -OCH3 is 1. The van der Waals surface area contributed by atoms with Gasteiger partial charge in [0.25, 0.3) is 5.91 Å². The molecule has 0 aliphatic carbocycles. The van der Waals surface area contributed by atoms with Gasteiger partial charge in [-0.3, -0.25) is 4.79 Å². The molecular formula is C16H14FN5O2. The highest BCUT2D eigenvalue weighted by atomic mass is 19.1. The minimum absolute atomic E-state index is 0.149. The molecule has 24 heavy (non-hydrogen) atoms. The molecule has 0 aliphatic rings. The highest BCUT2D eigenvalue weighted by Gasteiger charge is 2.15. The van der Waals surface area contributed by atoms with Crippen molar-refractivity contribution in [2.45, 2.75) is 6.54 Å². The summed E-state index contributed by atoms with van der Waals surface area (Å²) in [5.74, 6) is -0.201. The zero-order valence-corrected chi connectivity index (χ0v) is 12.8. The maximum atomic E-state index is 13.5. The summed E-state index contributed by atoms with van der Waals surface area (Å²) >= 11 is 0. The molecule has 1 N–H and O–H groups in total. The summed E-state index contributed by atoms with van der Waals surface area (Å²) in [5, 5.41) is 13.5. The first kappa shape index (κ1) is 15.6. The van der Waals surface area contributed by atoms with Crippen LogP contribution in [0.1, 0.15) is 15.9 Å². The lowest BCUT2D eigenvalue weighted by atomic mass is 10.1. The van der Waals surface area contributed by atoms with Gasteiger partial charge in [0.05, 0.1) is 18.4 Å². The molecule has 0 atom stereocenters. The molecule has 1 amide bonds. The van der Waals surface area contributed by atoms with Gasteiger partial charge in [0, 0.05) is 6.54 Å². The van der Waals surface area contributed by atoms with Gasteiger partial charge < -0.3 is 10.1 Å². The number of hydrogen-bond acceptors (Lipinski definition) is 5. The van der Waals surface area contributed by atoms with E-state index in [0.29, 0.717) is 12.2 Å². The Kier molecular flexibility index (Phi) is 4.46. The van der Waals surface area contributed by atoms with Crippen LogP contribution < -0.4 is 10.1 Å². The van der Waals surface area contributed by atoms with Crippen molar-refractivity contribution >= 4 is 5.91 Å². The highest BCUT2D eigenvalue weighted by molar-refractivity contribution is 5.97. The molecule has 122 valence electrons. The van der Waals surface area contributed by atoms with E-state index < -0.39 is 11.7 Å². The van der Waals surface area contributed by atoms with Gasteiger partial charge in [0.2, 0.25) is 0 Å². The number of nitrogens with one attached hydrogen (secondary N) is 1. The number of benzene rings is 2. The van der Waals surface area contributed by atoms with E-state index in [9.17, 15) is 9.18 Å². The van der Waals surface area contributed by atoms with Gasteiger partial charge >= 0.3 is 0 Å². The van der Waals surface area contributed by atoms with Crippen LogP contribution in [0.4, 0.5) is 4.39 Å². The number of carbonyl (C=O) groups is 1. The molecule has 1 aromatic heterocycles. The van der Waals surface area contributed by atoms with Crippen LogP contribution in [0.5, 0.6) is 5.75 Å². The van der Waals surface area contributed by atoms with Crippen LogP contribution in [0.15, 0.2) is 48.8 Å². The summed E-state index contributed by atoms with van der Waals surface area (Å²) < 4.78 is 19.9. The van der Waals surface area contributed by atoms with Crippen LogP contribution in [0, 0.1) is 5.82 Å². The molecule has 7 nitrogen and oxygen atoms in total. The number of nitrogens with zero attached hydrogens (tertiary/aromatic N) is 4. The fourth-order valence-electron chi connectivity index (χ4n) is 2.18. The molecule has 0 fully saturated rings. The van der Waals surface area contributed by atoms with Crippen molar-refractivity contribution in [1.82, 2.24) is 25.5 Å². The maximum Gasteiger partial charge on any atom is 0.253 e. The number of rotatable bonds is 5. The quantitative estimate of drug-likeness (QED) is 0.772. The van der Waals surface area contributed by atoms with Gasteiger partial charge in [-0.1, -0.05) is 12.1 Å². The molecule has 0 bridgehead atoms. The smallest absolute Gasteiger partial charge is 0.253 e. The molecule has 0 spiro atoms. The third-order valence-electron chi connectivity index (χ3n) is 3.41. The molecule has 2 aromatic carbocycles. The Hall–Kier alpha value is -3.29. The molecular weight excluding hydrogens is 313 g/mol. The fourth-order valence-corrected chi connectivity index (χ4v) is 2.18. The minimum atomic E-state index is -0.513. The number of carbonyl (C=O) groups excluding carboxylic acids is 1. The zero-order chi connectivity index (χ0) is 16.9. The molecule has 0 aliphatic heterocycles. The molecule has 8 heteroatoms. The number of tetrazole rings is 1. The number of aromatic nitrogens is 4. The first-order valence-corrected chi connectivity index (χ1v) is 7.11. The molecule has 0 saturated carbocycles. The zero-order valence-electron chi connectivity index (χ0n) is 12.8. The van der Waals surface area contributed by atoms with Crippen LogP contribution >= 0.6 is 0 Å².